The number of hydrogen-bond acceptors (Lipinski definition) is 2. The maximum absolute atomic E-state index is 3.57. The molecule has 4 heteroatoms. The van der Waals surface area contributed by atoms with E-state index in [1.54, 1.807) is 10.4 Å². The quantitative estimate of drug-likeness (QED) is 0.673. The lowest BCUT2D eigenvalue weighted by molar-refractivity contribution is 1.39. The fourth-order valence-electron chi connectivity index (χ4n) is 2.37. The van der Waals surface area contributed by atoms with E-state index in [0.717, 1.165) is 0 Å². The normalized spacial score (nSPS) is 17.3. The largest absolute Gasteiger partial charge is 0.145 e. The Hall–Kier alpha value is -0.423. The summed E-state index contributed by atoms with van der Waals surface area (Å²) in [4.78, 5) is 2.93. The Labute approximate surface area is 126 Å². The highest BCUT2D eigenvalue weighted by molar-refractivity contribution is 9.11. The fraction of sp³-hybridized carbons (Fsp3) is 0.143. The van der Waals surface area contributed by atoms with E-state index in [-0.39, 0.29) is 9.52 Å². The second-order valence-corrected chi connectivity index (χ2v) is 9.64. The molecule has 0 amide bonds. The van der Waals surface area contributed by atoms with Gasteiger partial charge in [0.05, 0.1) is 13.3 Å². The lowest BCUT2D eigenvalue weighted by Gasteiger charge is -2.01. The van der Waals surface area contributed by atoms with Crippen molar-refractivity contribution in [2.45, 2.75) is 13.8 Å². The van der Waals surface area contributed by atoms with Crippen LogP contribution in [0, 0.1) is 0 Å². The number of halogens is 1. The molecule has 1 aliphatic heterocycles. The molecule has 3 heterocycles. The first-order valence-corrected chi connectivity index (χ1v) is 9.76. The van der Waals surface area contributed by atoms with Crippen molar-refractivity contribution in [3.05, 3.63) is 54.3 Å². The molecule has 0 radical (unpaired) electrons. The van der Waals surface area contributed by atoms with Gasteiger partial charge in [-0.05, 0) is 74.9 Å². The van der Waals surface area contributed by atoms with Crippen molar-refractivity contribution >= 4 is 58.5 Å². The minimum Gasteiger partial charge on any atom is -0.145 e. The van der Waals surface area contributed by atoms with Crippen molar-refractivity contribution in [2.75, 3.05) is 0 Å². The Morgan fingerprint density at radius 2 is 1.72 bits per heavy atom. The number of allylic oxidation sites excluding steroid dienone is 2. The Balaban J connectivity index is 1.99. The van der Waals surface area contributed by atoms with Crippen LogP contribution in [0.25, 0.3) is 10.4 Å². The second kappa shape index (κ2) is 4.93. The summed E-state index contributed by atoms with van der Waals surface area (Å²) in [5.41, 5.74) is 3.03. The van der Waals surface area contributed by atoms with Gasteiger partial charge in [-0.15, -0.1) is 22.7 Å². The van der Waals surface area contributed by atoms with E-state index in [1.165, 1.54) is 24.7 Å². The topological polar surface area (TPSA) is 0 Å². The molecule has 2 aromatic heterocycles. The minimum absolute atomic E-state index is 0.318. The van der Waals surface area contributed by atoms with Crippen molar-refractivity contribution in [2.24, 2.45) is 0 Å². The predicted molar refractivity (Wildman–Crippen MR) is 90.1 cm³/mol. The van der Waals surface area contributed by atoms with Gasteiger partial charge in [0, 0.05) is 9.75 Å². The van der Waals surface area contributed by atoms with Gasteiger partial charge in [0.2, 0.25) is 0 Å². The first-order valence-electron chi connectivity index (χ1n) is 5.86. The smallest absolute Gasteiger partial charge is 0.0919 e. The molecule has 0 spiro atoms. The van der Waals surface area contributed by atoms with Gasteiger partial charge in [-0.1, -0.05) is 6.07 Å². The molecule has 0 unspecified atom stereocenters. The Morgan fingerprint density at radius 1 is 1.00 bits per heavy atom. The van der Waals surface area contributed by atoms with Gasteiger partial charge < -0.3 is 0 Å². The summed E-state index contributed by atoms with van der Waals surface area (Å²) in [6.07, 6.45) is 0. The van der Waals surface area contributed by atoms with E-state index in [9.17, 15) is 0 Å². The summed E-state index contributed by atoms with van der Waals surface area (Å²) in [6.45, 7) is 4.57. The van der Waals surface area contributed by atoms with E-state index in [4.69, 9.17) is 0 Å². The number of rotatable bonds is 2. The molecule has 0 atom stereocenters. The molecule has 3 rings (SSSR count). The number of thiophene rings is 2. The summed E-state index contributed by atoms with van der Waals surface area (Å²) in [5, 5.41) is 5.45. The maximum atomic E-state index is 3.57. The first kappa shape index (κ1) is 12.6. The average Bonchev–Trinajstić information content (AvgIpc) is 3.04. The molecule has 1 aliphatic rings. The van der Waals surface area contributed by atoms with E-state index >= 15 is 0 Å². The molecular formula is C14H13BrS2Si. The molecule has 0 bridgehead atoms. The van der Waals surface area contributed by atoms with Crippen LogP contribution in [0.5, 0.6) is 0 Å². The van der Waals surface area contributed by atoms with E-state index in [1.807, 2.05) is 22.7 Å². The molecule has 2 aromatic rings. The first-order chi connectivity index (χ1) is 8.66. The molecule has 0 saturated heterocycles. The second-order valence-electron chi connectivity index (χ2n) is 4.46. The summed E-state index contributed by atoms with van der Waals surface area (Å²) >= 11 is 7.30. The standard InChI is InChI=1S/C14H13BrS2Si/c1-8-9(2)14(11-5-6-12(15)17-11)18-13(8)10-4-3-7-16-10/h3-7H,18H2,1-2H3. The van der Waals surface area contributed by atoms with Crippen molar-refractivity contribution in [1.82, 2.24) is 0 Å². The van der Waals surface area contributed by atoms with Gasteiger partial charge in [0.25, 0.3) is 0 Å². The van der Waals surface area contributed by atoms with Gasteiger partial charge in [-0.3, -0.25) is 0 Å². The fourth-order valence-corrected chi connectivity index (χ4v) is 7.43. The molecule has 18 heavy (non-hydrogen) atoms. The molecule has 0 nitrogen and oxygen atoms in total. The zero-order chi connectivity index (χ0) is 12.7. The van der Waals surface area contributed by atoms with Crippen LogP contribution in [-0.2, 0) is 0 Å². The van der Waals surface area contributed by atoms with Crippen LogP contribution in [0.15, 0.2) is 44.6 Å². The molecule has 0 aromatic carbocycles. The van der Waals surface area contributed by atoms with Crippen LogP contribution in [0.2, 0.25) is 0 Å². The van der Waals surface area contributed by atoms with Gasteiger partial charge in [-0.25, -0.2) is 0 Å². The Kier molecular flexibility index (Phi) is 3.45. The lowest BCUT2D eigenvalue weighted by atomic mass is 10.1. The highest BCUT2D eigenvalue weighted by Crippen LogP contribution is 2.40. The van der Waals surface area contributed by atoms with Crippen LogP contribution in [0.3, 0.4) is 0 Å². The van der Waals surface area contributed by atoms with Crippen LogP contribution >= 0.6 is 38.6 Å². The monoisotopic (exact) mass is 352 g/mol. The van der Waals surface area contributed by atoms with E-state index in [0.29, 0.717) is 0 Å². The molecular weight excluding hydrogens is 340 g/mol. The van der Waals surface area contributed by atoms with Crippen LogP contribution in [0.1, 0.15) is 23.6 Å². The molecule has 0 fully saturated rings. The third kappa shape index (κ3) is 2.11. The van der Waals surface area contributed by atoms with Crippen molar-refractivity contribution < 1.29 is 0 Å². The van der Waals surface area contributed by atoms with Crippen molar-refractivity contribution in [1.29, 1.82) is 0 Å². The SMILES string of the molecule is CC1=C(c2cccs2)[SiH2]C(c2ccc(Br)s2)=C1C. The summed E-state index contributed by atoms with van der Waals surface area (Å²) < 4.78 is 1.23. The number of hydrogen-bond donors (Lipinski definition) is 0. The van der Waals surface area contributed by atoms with Crippen molar-refractivity contribution in [3.63, 3.8) is 0 Å². The Bertz CT molecular complexity index is 647. The van der Waals surface area contributed by atoms with Gasteiger partial charge >= 0.3 is 0 Å². The van der Waals surface area contributed by atoms with Crippen LogP contribution < -0.4 is 0 Å². The summed E-state index contributed by atoms with van der Waals surface area (Å²) in [7, 11) is -0.318. The lowest BCUT2D eigenvalue weighted by Crippen LogP contribution is -1.93. The zero-order valence-corrected chi connectivity index (χ0v) is 14.9. The van der Waals surface area contributed by atoms with Crippen LogP contribution in [-0.4, -0.2) is 9.52 Å². The van der Waals surface area contributed by atoms with E-state index in [2.05, 4.69) is 59.4 Å². The zero-order valence-electron chi connectivity index (χ0n) is 10.3. The minimum atomic E-state index is -0.318. The van der Waals surface area contributed by atoms with Crippen molar-refractivity contribution in [3.8, 4) is 0 Å². The highest BCUT2D eigenvalue weighted by atomic mass is 79.9. The molecule has 0 N–H and O–H groups in total. The Morgan fingerprint density at radius 3 is 2.28 bits per heavy atom. The van der Waals surface area contributed by atoms with Gasteiger partial charge in [-0.2, -0.15) is 0 Å². The summed E-state index contributed by atoms with van der Waals surface area (Å²) in [6, 6.07) is 8.83. The predicted octanol–water partition coefficient (Wildman–Crippen LogP) is 4.92. The third-order valence-corrected chi connectivity index (χ3v) is 9.17. The third-order valence-electron chi connectivity index (χ3n) is 3.51. The molecule has 92 valence electrons. The van der Waals surface area contributed by atoms with E-state index < -0.39 is 0 Å². The summed E-state index contributed by atoms with van der Waals surface area (Å²) in [5.74, 6) is 0. The van der Waals surface area contributed by atoms with Gasteiger partial charge in [0.1, 0.15) is 0 Å². The maximum Gasteiger partial charge on any atom is 0.0919 e. The van der Waals surface area contributed by atoms with Gasteiger partial charge in [0.15, 0.2) is 0 Å². The highest BCUT2D eigenvalue weighted by Gasteiger charge is 2.22. The van der Waals surface area contributed by atoms with Crippen LogP contribution in [0.4, 0.5) is 0 Å². The molecule has 0 aliphatic carbocycles. The average molecular weight is 353 g/mol. The molecule has 0 saturated carbocycles.